The van der Waals surface area contributed by atoms with E-state index in [9.17, 15) is 0 Å². The van der Waals surface area contributed by atoms with Crippen LogP contribution in [-0.2, 0) is 6.54 Å². The average Bonchev–Trinajstić information content (AvgIpc) is 2.68. The SMILES string of the molecule is CC(Br)c1cn(Cc2ncccn2)nn1. The molecule has 78 valence electrons. The fraction of sp³-hybridized carbons (Fsp3) is 0.333. The Hall–Kier alpha value is -1.30. The van der Waals surface area contributed by atoms with E-state index in [2.05, 4.69) is 36.2 Å². The van der Waals surface area contributed by atoms with Crippen LogP contribution in [0.4, 0.5) is 0 Å². The molecule has 0 fully saturated rings. The molecule has 6 heteroatoms. The lowest BCUT2D eigenvalue weighted by Gasteiger charge is -1.97. The highest BCUT2D eigenvalue weighted by atomic mass is 79.9. The van der Waals surface area contributed by atoms with Gasteiger partial charge >= 0.3 is 0 Å². The Morgan fingerprint density at radius 3 is 2.73 bits per heavy atom. The Kier molecular flexibility index (Phi) is 3.05. The second-order valence-electron chi connectivity index (χ2n) is 3.12. The van der Waals surface area contributed by atoms with E-state index >= 15 is 0 Å². The van der Waals surface area contributed by atoms with Crippen molar-refractivity contribution in [3.63, 3.8) is 0 Å². The van der Waals surface area contributed by atoms with E-state index in [0.29, 0.717) is 6.54 Å². The van der Waals surface area contributed by atoms with Crippen molar-refractivity contribution in [3.05, 3.63) is 36.2 Å². The van der Waals surface area contributed by atoms with Gasteiger partial charge in [-0.25, -0.2) is 14.6 Å². The molecule has 0 aromatic carbocycles. The van der Waals surface area contributed by atoms with Gasteiger partial charge in [-0.15, -0.1) is 5.10 Å². The molecule has 0 N–H and O–H groups in total. The molecule has 0 amide bonds. The monoisotopic (exact) mass is 267 g/mol. The lowest BCUT2D eigenvalue weighted by atomic mass is 10.4. The fourth-order valence-electron chi connectivity index (χ4n) is 1.13. The summed E-state index contributed by atoms with van der Waals surface area (Å²) in [5, 5.41) is 8.01. The van der Waals surface area contributed by atoms with Gasteiger partial charge < -0.3 is 0 Å². The van der Waals surface area contributed by atoms with E-state index in [0.717, 1.165) is 11.5 Å². The summed E-state index contributed by atoms with van der Waals surface area (Å²) in [6.45, 7) is 2.56. The molecule has 2 aromatic heterocycles. The van der Waals surface area contributed by atoms with Gasteiger partial charge in [0.15, 0.2) is 0 Å². The van der Waals surface area contributed by atoms with Crippen molar-refractivity contribution in [1.29, 1.82) is 0 Å². The van der Waals surface area contributed by atoms with Crippen molar-refractivity contribution in [2.45, 2.75) is 18.3 Å². The molecular weight excluding hydrogens is 258 g/mol. The standard InChI is InChI=1S/C9H10BrN5/c1-7(10)8-5-15(14-13-8)6-9-11-3-2-4-12-9/h2-5,7H,6H2,1H3. The van der Waals surface area contributed by atoms with Crippen molar-refractivity contribution in [1.82, 2.24) is 25.0 Å². The first kappa shape index (κ1) is 10.2. The molecule has 2 rings (SSSR count). The Balaban J connectivity index is 2.12. The van der Waals surface area contributed by atoms with E-state index in [4.69, 9.17) is 0 Å². The van der Waals surface area contributed by atoms with Gasteiger partial charge in [0.25, 0.3) is 0 Å². The maximum atomic E-state index is 4.12. The van der Waals surface area contributed by atoms with Crippen LogP contribution in [0.1, 0.15) is 23.3 Å². The van der Waals surface area contributed by atoms with Gasteiger partial charge in [0.1, 0.15) is 12.4 Å². The number of hydrogen-bond donors (Lipinski definition) is 0. The molecule has 1 unspecified atom stereocenters. The predicted octanol–water partition coefficient (Wildman–Crippen LogP) is 1.57. The lowest BCUT2D eigenvalue weighted by molar-refractivity contribution is 0.624. The molecule has 0 bridgehead atoms. The van der Waals surface area contributed by atoms with Crippen LogP contribution >= 0.6 is 15.9 Å². The molecule has 0 spiro atoms. The molecular formula is C9H10BrN5. The maximum Gasteiger partial charge on any atom is 0.149 e. The summed E-state index contributed by atoms with van der Waals surface area (Å²) < 4.78 is 1.72. The summed E-state index contributed by atoms with van der Waals surface area (Å²) in [6, 6.07) is 1.79. The molecule has 2 aromatic rings. The molecule has 0 radical (unpaired) electrons. The zero-order valence-corrected chi connectivity index (χ0v) is 9.79. The van der Waals surface area contributed by atoms with Crippen LogP contribution in [0.3, 0.4) is 0 Å². The molecule has 0 aliphatic heterocycles. The molecule has 5 nitrogen and oxygen atoms in total. The smallest absolute Gasteiger partial charge is 0.149 e. The van der Waals surface area contributed by atoms with Crippen LogP contribution in [0.2, 0.25) is 0 Å². The Labute approximate surface area is 95.7 Å². The minimum absolute atomic E-state index is 0.211. The van der Waals surface area contributed by atoms with Crippen LogP contribution in [0.5, 0.6) is 0 Å². The number of alkyl halides is 1. The molecule has 0 aliphatic carbocycles. The molecule has 0 saturated heterocycles. The highest BCUT2D eigenvalue weighted by Gasteiger charge is 2.06. The van der Waals surface area contributed by atoms with Crippen LogP contribution < -0.4 is 0 Å². The Morgan fingerprint density at radius 1 is 1.40 bits per heavy atom. The normalized spacial score (nSPS) is 12.7. The first-order valence-electron chi connectivity index (χ1n) is 4.55. The number of hydrogen-bond acceptors (Lipinski definition) is 4. The highest BCUT2D eigenvalue weighted by molar-refractivity contribution is 9.09. The highest BCUT2D eigenvalue weighted by Crippen LogP contribution is 2.17. The van der Waals surface area contributed by atoms with Crippen molar-refractivity contribution in [2.75, 3.05) is 0 Å². The van der Waals surface area contributed by atoms with Gasteiger partial charge in [0.05, 0.1) is 16.7 Å². The van der Waals surface area contributed by atoms with E-state index in [1.165, 1.54) is 0 Å². The fourth-order valence-corrected chi connectivity index (χ4v) is 1.34. The summed E-state index contributed by atoms with van der Waals surface area (Å²) in [4.78, 5) is 8.44. The van der Waals surface area contributed by atoms with E-state index < -0.39 is 0 Å². The topological polar surface area (TPSA) is 56.5 Å². The summed E-state index contributed by atoms with van der Waals surface area (Å²) in [5.74, 6) is 0.733. The van der Waals surface area contributed by atoms with Crippen molar-refractivity contribution >= 4 is 15.9 Å². The number of halogens is 1. The summed E-state index contributed by atoms with van der Waals surface area (Å²) in [6.07, 6.45) is 5.32. The van der Waals surface area contributed by atoms with Gasteiger partial charge in [-0.1, -0.05) is 21.1 Å². The third-order valence-electron chi connectivity index (χ3n) is 1.89. The minimum atomic E-state index is 0.211. The Morgan fingerprint density at radius 2 is 2.13 bits per heavy atom. The van der Waals surface area contributed by atoms with Crippen molar-refractivity contribution in [2.24, 2.45) is 0 Å². The largest absolute Gasteiger partial charge is 0.245 e. The van der Waals surface area contributed by atoms with Gasteiger partial charge in [0.2, 0.25) is 0 Å². The van der Waals surface area contributed by atoms with E-state index in [1.54, 1.807) is 23.1 Å². The van der Waals surface area contributed by atoms with Gasteiger partial charge in [0, 0.05) is 12.4 Å². The van der Waals surface area contributed by atoms with Gasteiger partial charge in [-0.2, -0.15) is 0 Å². The number of aromatic nitrogens is 5. The molecule has 1 atom stereocenters. The zero-order chi connectivity index (χ0) is 10.7. The van der Waals surface area contributed by atoms with Crippen molar-refractivity contribution in [3.8, 4) is 0 Å². The van der Waals surface area contributed by atoms with Crippen LogP contribution in [0.25, 0.3) is 0 Å². The zero-order valence-electron chi connectivity index (χ0n) is 8.21. The first-order valence-corrected chi connectivity index (χ1v) is 5.47. The average molecular weight is 268 g/mol. The minimum Gasteiger partial charge on any atom is -0.245 e. The van der Waals surface area contributed by atoms with Crippen LogP contribution in [0, 0.1) is 0 Å². The predicted molar refractivity (Wildman–Crippen MR) is 58.5 cm³/mol. The number of rotatable bonds is 3. The van der Waals surface area contributed by atoms with E-state index in [1.807, 2.05) is 13.1 Å². The lowest BCUT2D eigenvalue weighted by Crippen LogP contribution is -2.04. The molecule has 2 heterocycles. The third kappa shape index (κ3) is 2.59. The molecule has 0 saturated carbocycles. The van der Waals surface area contributed by atoms with Crippen LogP contribution in [-0.4, -0.2) is 25.0 Å². The van der Waals surface area contributed by atoms with Gasteiger partial charge in [-0.3, -0.25) is 0 Å². The maximum absolute atomic E-state index is 4.12. The quantitative estimate of drug-likeness (QED) is 0.793. The van der Waals surface area contributed by atoms with Crippen molar-refractivity contribution < 1.29 is 0 Å². The molecule has 15 heavy (non-hydrogen) atoms. The van der Waals surface area contributed by atoms with E-state index in [-0.39, 0.29) is 4.83 Å². The van der Waals surface area contributed by atoms with Gasteiger partial charge in [-0.05, 0) is 13.0 Å². The molecule has 0 aliphatic rings. The third-order valence-corrected chi connectivity index (χ3v) is 2.36. The summed E-state index contributed by atoms with van der Waals surface area (Å²) in [7, 11) is 0. The second kappa shape index (κ2) is 4.48. The first-order chi connectivity index (χ1) is 7.25. The Bertz CT molecular complexity index is 425. The second-order valence-corrected chi connectivity index (χ2v) is 4.50. The number of nitrogens with zero attached hydrogens (tertiary/aromatic N) is 5. The summed E-state index contributed by atoms with van der Waals surface area (Å²) in [5.41, 5.74) is 0.908. The summed E-state index contributed by atoms with van der Waals surface area (Å²) >= 11 is 3.43. The van der Waals surface area contributed by atoms with Crippen LogP contribution in [0.15, 0.2) is 24.7 Å².